The first-order valence-electron chi connectivity index (χ1n) is 8.09. The molecule has 0 radical (unpaired) electrons. The molecule has 4 aromatic heterocycles. The van der Waals surface area contributed by atoms with Gasteiger partial charge < -0.3 is 4.57 Å². The summed E-state index contributed by atoms with van der Waals surface area (Å²) in [6, 6.07) is 6.76. The Morgan fingerprint density at radius 3 is 2.56 bits per heavy atom. The first kappa shape index (κ1) is 17.2. The third kappa shape index (κ3) is 2.50. The average Bonchev–Trinajstić information content (AvgIpc) is 2.94. The fraction of sp³-hybridized carbons (Fsp3) is 0.235. The molecular formula is C17H15ClN6O3. The zero-order valence-electron chi connectivity index (χ0n) is 14.8. The normalized spacial score (nSPS) is 11.6. The van der Waals surface area contributed by atoms with E-state index in [0.717, 1.165) is 10.3 Å². The molecule has 0 aliphatic carbocycles. The van der Waals surface area contributed by atoms with Crippen LogP contribution in [-0.2, 0) is 20.6 Å². The lowest BCUT2D eigenvalue weighted by Crippen LogP contribution is -2.37. The van der Waals surface area contributed by atoms with Gasteiger partial charge in [0.25, 0.3) is 11.1 Å². The van der Waals surface area contributed by atoms with Crippen LogP contribution in [0.2, 0.25) is 5.28 Å². The van der Waals surface area contributed by atoms with Gasteiger partial charge in [0, 0.05) is 25.9 Å². The van der Waals surface area contributed by atoms with Gasteiger partial charge in [0.15, 0.2) is 11.2 Å². The number of halogens is 1. The summed E-state index contributed by atoms with van der Waals surface area (Å²) in [5, 5.41) is 0.0366. The maximum atomic E-state index is 12.6. The summed E-state index contributed by atoms with van der Waals surface area (Å²) in [4.78, 5) is 45.8. The highest BCUT2D eigenvalue weighted by atomic mass is 35.5. The van der Waals surface area contributed by atoms with Gasteiger partial charge in [0.1, 0.15) is 5.65 Å². The van der Waals surface area contributed by atoms with E-state index < -0.39 is 11.2 Å². The van der Waals surface area contributed by atoms with Gasteiger partial charge in [-0.3, -0.25) is 23.1 Å². The number of imidazole rings is 1. The third-order valence-corrected chi connectivity index (χ3v) is 4.84. The molecule has 0 atom stereocenters. The van der Waals surface area contributed by atoms with E-state index in [2.05, 4.69) is 9.97 Å². The molecule has 4 aromatic rings. The van der Waals surface area contributed by atoms with Crippen LogP contribution in [0.25, 0.3) is 16.8 Å². The van der Waals surface area contributed by atoms with Gasteiger partial charge >= 0.3 is 5.69 Å². The molecule has 0 amide bonds. The predicted molar refractivity (Wildman–Crippen MR) is 101 cm³/mol. The Balaban J connectivity index is 1.96. The van der Waals surface area contributed by atoms with Gasteiger partial charge in [0.2, 0.25) is 5.28 Å². The van der Waals surface area contributed by atoms with Gasteiger partial charge in [-0.1, -0.05) is 6.07 Å². The van der Waals surface area contributed by atoms with Crippen LogP contribution in [0.1, 0.15) is 11.4 Å². The quantitative estimate of drug-likeness (QED) is 0.466. The Kier molecular flexibility index (Phi) is 3.77. The zero-order chi connectivity index (χ0) is 19.5. The Bertz CT molecular complexity index is 1410. The molecule has 4 rings (SSSR count). The van der Waals surface area contributed by atoms with Crippen molar-refractivity contribution < 1.29 is 0 Å². The highest BCUT2D eigenvalue weighted by molar-refractivity contribution is 6.29. The fourth-order valence-corrected chi connectivity index (χ4v) is 3.40. The molecule has 9 nitrogen and oxygen atoms in total. The van der Waals surface area contributed by atoms with E-state index in [1.165, 1.54) is 33.7 Å². The van der Waals surface area contributed by atoms with Crippen molar-refractivity contribution in [1.82, 2.24) is 28.1 Å². The molecule has 0 saturated carbocycles. The second kappa shape index (κ2) is 5.92. The fourth-order valence-electron chi connectivity index (χ4n) is 3.17. The van der Waals surface area contributed by atoms with Crippen LogP contribution in [0.15, 0.2) is 38.6 Å². The number of rotatable bonds is 2. The van der Waals surface area contributed by atoms with Crippen molar-refractivity contribution >= 4 is 28.4 Å². The Labute approximate surface area is 156 Å². The minimum absolute atomic E-state index is 0.0366. The van der Waals surface area contributed by atoms with E-state index in [-0.39, 0.29) is 28.6 Å². The molecule has 0 saturated heterocycles. The smallest absolute Gasteiger partial charge is 0.303 e. The van der Waals surface area contributed by atoms with E-state index >= 15 is 0 Å². The molecule has 0 aliphatic heterocycles. The van der Waals surface area contributed by atoms with Crippen molar-refractivity contribution in [3.05, 3.63) is 72.1 Å². The van der Waals surface area contributed by atoms with Gasteiger partial charge in [0.05, 0.1) is 12.2 Å². The Morgan fingerprint density at radius 2 is 1.81 bits per heavy atom. The average molecular weight is 387 g/mol. The van der Waals surface area contributed by atoms with Crippen molar-refractivity contribution in [2.75, 3.05) is 0 Å². The van der Waals surface area contributed by atoms with Gasteiger partial charge in [-0.15, -0.1) is 0 Å². The van der Waals surface area contributed by atoms with E-state index in [1.54, 1.807) is 6.07 Å². The molecule has 0 unspecified atom stereocenters. The summed E-state index contributed by atoms with van der Waals surface area (Å²) in [5.74, 6) is 0. The lowest BCUT2D eigenvalue weighted by molar-refractivity contribution is 0.701. The number of fused-ring (bicyclic) bond motifs is 2. The van der Waals surface area contributed by atoms with Crippen LogP contribution in [0.3, 0.4) is 0 Å². The number of aryl methyl sites for hydroxylation is 2. The Morgan fingerprint density at radius 1 is 1.07 bits per heavy atom. The van der Waals surface area contributed by atoms with Crippen molar-refractivity contribution in [3.8, 4) is 0 Å². The summed E-state index contributed by atoms with van der Waals surface area (Å²) in [7, 11) is 2.90. The monoisotopic (exact) mass is 386 g/mol. The van der Waals surface area contributed by atoms with Crippen molar-refractivity contribution in [2.45, 2.75) is 13.5 Å². The Hall–Kier alpha value is -3.20. The molecule has 0 N–H and O–H groups in total. The maximum Gasteiger partial charge on any atom is 0.332 e. The van der Waals surface area contributed by atoms with E-state index in [4.69, 9.17) is 11.6 Å². The summed E-state index contributed by atoms with van der Waals surface area (Å²) >= 11 is 6.23. The van der Waals surface area contributed by atoms with E-state index in [1.807, 2.05) is 19.1 Å². The SMILES string of the molecule is Cc1cccc2nc(Cn3c(Cl)nc4c3c(=O)n(C)c(=O)n4C)cc(=O)n12. The number of aromatic nitrogens is 6. The molecule has 0 aromatic carbocycles. The van der Waals surface area contributed by atoms with Gasteiger partial charge in [-0.05, 0) is 30.7 Å². The van der Waals surface area contributed by atoms with Gasteiger partial charge in [-0.2, -0.15) is 4.98 Å². The summed E-state index contributed by atoms with van der Waals surface area (Å²) in [5.41, 5.74) is 0.825. The zero-order valence-corrected chi connectivity index (χ0v) is 15.6. The molecule has 0 fully saturated rings. The minimum Gasteiger partial charge on any atom is -0.303 e. The van der Waals surface area contributed by atoms with E-state index in [0.29, 0.717) is 11.3 Å². The highest BCUT2D eigenvalue weighted by Gasteiger charge is 2.19. The second-order valence-electron chi connectivity index (χ2n) is 6.29. The highest BCUT2D eigenvalue weighted by Crippen LogP contribution is 2.17. The summed E-state index contributed by atoms with van der Waals surface area (Å²) in [6.45, 7) is 1.89. The molecule has 27 heavy (non-hydrogen) atoms. The molecule has 0 aliphatic rings. The standard InChI is InChI=1S/C17H15ClN6O3/c1-9-5-4-6-11-19-10(7-12(25)24(9)11)8-23-13-14(20-16(23)18)21(2)17(27)22(3)15(13)26/h4-7H,8H2,1-3H3. The predicted octanol–water partition coefficient (Wildman–Crippen LogP) is 0.452. The minimum atomic E-state index is -0.513. The number of pyridine rings is 1. The van der Waals surface area contributed by atoms with Crippen molar-refractivity contribution in [2.24, 2.45) is 14.1 Å². The first-order chi connectivity index (χ1) is 12.8. The topological polar surface area (TPSA) is 96.2 Å². The number of hydrogen-bond acceptors (Lipinski definition) is 5. The number of nitrogens with zero attached hydrogens (tertiary/aromatic N) is 6. The molecule has 4 heterocycles. The van der Waals surface area contributed by atoms with E-state index in [9.17, 15) is 14.4 Å². The molecule has 10 heteroatoms. The largest absolute Gasteiger partial charge is 0.332 e. The third-order valence-electron chi connectivity index (χ3n) is 4.55. The van der Waals surface area contributed by atoms with Crippen LogP contribution in [0, 0.1) is 6.92 Å². The first-order valence-corrected chi connectivity index (χ1v) is 8.47. The maximum absolute atomic E-state index is 12.6. The van der Waals surface area contributed by atoms with Gasteiger partial charge in [-0.25, -0.2) is 9.78 Å². The number of hydrogen-bond donors (Lipinski definition) is 0. The molecule has 0 bridgehead atoms. The second-order valence-corrected chi connectivity index (χ2v) is 6.63. The molecule has 0 spiro atoms. The lowest BCUT2D eigenvalue weighted by atomic mass is 10.3. The molecular weight excluding hydrogens is 372 g/mol. The van der Waals surface area contributed by atoms with Crippen LogP contribution in [0.4, 0.5) is 0 Å². The van der Waals surface area contributed by atoms with Crippen LogP contribution in [-0.4, -0.2) is 28.1 Å². The summed E-state index contributed by atoms with van der Waals surface area (Å²) in [6.07, 6.45) is 0. The molecule has 138 valence electrons. The van der Waals surface area contributed by atoms with Crippen LogP contribution in [0.5, 0.6) is 0 Å². The van der Waals surface area contributed by atoms with Crippen molar-refractivity contribution in [3.63, 3.8) is 0 Å². The summed E-state index contributed by atoms with van der Waals surface area (Å²) < 4.78 is 5.20. The van der Waals surface area contributed by atoms with Crippen molar-refractivity contribution in [1.29, 1.82) is 0 Å². The van der Waals surface area contributed by atoms with Crippen LogP contribution >= 0.6 is 11.6 Å². The lowest BCUT2D eigenvalue weighted by Gasteiger charge is -2.09. The van der Waals surface area contributed by atoms with Crippen LogP contribution < -0.4 is 16.8 Å².